The van der Waals surface area contributed by atoms with Crippen LogP contribution in [-0.2, 0) is 11.8 Å². The summed E-state index contributed by atoms with van der Waals surface area (Å²) in [5.74, 6) is 2.12. The van der Waals surface area contributed by atoms with Crippen molar-refractivity contribution < 1.29 is 0 Å². The molecule has 2 N–H and O–H groups in total. The van der Waals surface area contributed by atoms with Crippen LogP contribution >= 0.6 is 0 Å². The number of amidine groups is 1. The molecule has 1 heterocycles. The summed E-state index contributed by atoms with van der Waals surface area (Å²) in [4.78, 5) is 15.4. The van der Waals surface area contributed by atoms with E-state index in [-0.39, 0.29) is 0 Å². The highest BCUT2D eigenvalue weighted by atomic mass is 14.9. The maximum Gasteiger partial charge on any atom is 0.160 e. The molecule has 2 fully saturated rings. The molecule has 61 heavy (non-hydrogen) atoms. The summed E-state index contributed by atoms with van der Waals surface area (Å²) in [7, 11) is 0. The summed E-state index contributed by atoms with van der Waals surface area (Å²) in [6, 6.07) is 68.2. The van der Waals surface area contributed by atoms with Gasteiger partial charge in [0, 0.05) is 27.8 Å². The van der Waals surface area contributed by atoms with E-state index in [9.17, 15) is 0 Å². The second kappa shape index (κ2) is 16.8. The number of rotatable bonds is 11. The molecule has 0 unspecified atom stereocenters. The first kappa shape index (κ1) is 38.1. The summed E-state index contributed by atoms with van der Waals surface area (Å²) in [6.45, 7) is 0. The molecule has 296 valence electrons. The maximum absolute atomic E-state index is 6.61. The summed E-state index contributed by atoms with van der Waals surface area (Å²) < 4.78 is 0. The number of hydrogen-bond acceptors (Lipinski definition) is 3. The number of benzene rings is 7. The van der Waals surface area contributed by atoms with Crippen molar-refractivity contribution in [2.45, 2.75) is 43.9 Å². The van der Waals surface area contributed by atoms with Crippen LogP contribution < -0.4 is 5.73 Å². The van der Waals surface area contributed by atoms with Crippen LogP contribution in [-0.4, -0.2) is 15.8 Å². The summed E-state index contributed by atoms with van der Waals surface area (Å²) in [5.41, 5.74) is 22.0. The highest BCUT2D eigenvalue weighted by Gasteiger charge is 2.45. The third-order valence-corrected chi connectivity index (χ3v) is 12.8. The Bertz CT molecular complexity index is 2850. The van der Waals surface area contributed by atoms with Crippen molar-refractivity contribution in [2.24, 2.45) is 16.6 Å². The molecule has 4 nitrogen and oxygen atoms in total. The van der Waals surface area contributed by atoms with Crippen molar-refractivity contribution in [1.82, 2.24) is 9.97 Å². The first-order valence-electron chi connectivity index (χ1n) is 21.6. The van der Waals surface area contributed by atoms with Gasteiger partial charge in [-0.2, -0.15) is 0 Å². The van der Waals surface area contributed by atoms with E-state index in [1.807, 2.05) is 42.5 Å². The topological polar surface area (TPSA) is 64.2 Å². The molecular formula is C57H48N4. The summed E-state index contributed by atoms with van der Waals surface area (Å²) in [6.07, 6.45) is 9.54. The van der Waals surface area contributed by atoms with Crippen molar-refractivity contribution >= 4 is 11.5 Å². The van der Waals surface area contributed by atoms with Gasteiger partial charge in [-0.1, -0.05) is 176 Å². The van der Waals surface area contributed by atoms with Gasteiger partial charge in [0.15, 0.2) is 5.82 Å². The van der Waals surface area contributed by atoms with Gasteiger partial charge in [0.05, 0.1) is 17.1 Å². The zero-order valence-electron chi connectivity index (χ0n) is 34.3. The van der Waals surface area contributed by atoms with E-state index >= 15 is 0 Å². The lowest BCUT2D eigenvalue weighted by Gasteiger charge is -2.27. The molecule has 0 radical (unpaired) electrons. The van der Waals surface area contributed by atoms with Crippen molar-refractivity contribution in [1.29, 1.82) is 0 Å². The molecule has 2 aliphatic carbocycles. The van der Waals surface area contributed by atoms with E-state index in [1.165, 1.54) is 43.2 Å². The molecule has 8 aromatic rings. The molecule has 0 spiro atoms. The largest absolute Gasteiger partial charge is 0.383 e. The Morgan fingerprint density at radius 2 is 1.07 bits per heavy atom. The fourth-order valence-electron chi connectivity index (χ4n) is 9.49. The number of allylic oxidation sites excluding steroid dienone is 1. The summed E-state index contributed by atoms with van der Waals surface area (Å²) in [5, 5.41) is 0. The molecule has 2 bridgehead atoms. The molecular weight excluding hydrogens is 741 g/mol. The molecule has 0 saturated heterocycles. The first-order valence-corrected chi connectivity index (χ1v) is 21.6. The molecule has 2 saturated carbocycles. The lowest BCUT2D eigenvalue weighted by Crippen LogP contribution is -2.19. The van der Waals surface area contributed by atoms with E-state index in [0.717, 1.165) is 78.9 Å². The van der Waals surface area contributed by atoms with Gasteiger partial charge in [0.1, 0.15) is 5.84 Å². The number of nitrogens with zero attached hydrogens (tertiary/aromatic N) is 3. The van der Waals surface area contributed by atoms with Crippen LogP contribution in [0.4, 0.5) is 0 Å². The minimum absolute atomic E-state index is 0.333. The van der Waals surface area contributed by atoms with Gasteiger partial charge in [-0.05, 0) is 108 Å². The highest BCUT2D eigenvalue weighted by Crippen LogP contribution is 2.55. The normalized spacial score (nSPS) is 17.4. The van der Waals surface area contributed by atoms with Gasteiger partial charge >= 0.3 is 0 Å². The molecule has 7 aromatic carbocycles. The smallest absolute Gasteiger partial charge is 0.160 e. The fraction of sp³-hybridized carbons (Fsp3) is 0.140. The van der Waals surface area contributed by atoms with Crippen LogP contribution in [0.15, 0.2) is 205 Å². The van der Waals surface area contributed by atoms with Gasteiger partial charge in [0.2, 0.25) is 0 Å². The Kier molecular flexibility index (Phi) is 10.5. The predicted octanol–water partition coefficient (Wildman–Crippen LogP) is 13.6. The number of hydrogen-bond donors (Lipinski definition) is 1. The van der Waals surface area contributed by atoms with Crippen LogP contribution in [0.25, 0.3) is 61.9 Å². The van der Waals surface area contributed by atoms with Crippen molar-refractivity contribution in [2.75, 3.05) is 0 Å². The number of nitrogens with two attached hydrogens (primary N) is 1. The van der Waals surface area contributed by atoms with E-state index in [0.29, 0.717) is 17.7 Å². The average molecular weight is 789 g/mol. The lowest BCUT2D eigenvalue weighted by atomic mass is 9.77. The second-order valence-corrected chi connectivity index (χ2v) is 16.7. The van der Waals surface area contributed by atoms with Crippen LogP contribution in [0.1, 0.15) is 54.4 Å². The summed E-state index contributed by atoms with van der Waals surface area (Å²) >= 11 is 0. The van der Waals surface area contributed by atoms with Crippen LogP contribution in [0, 0.1) is 5.92 Å². The van der Waals surface area contributed by atoms with E-state index in [1.54, 1.807) is 0 Å². The molecule has 0 aliphatic heterocycles. The van der Waals surface area contributed by atoms with Crippen molar-refractivity contribution in [3.05, 3.63) is 222 Å². The van der Waals surface area contributed by atoms with E-state index in [4.69, 9.17) is 20.7 Å². The van der Waals surface area contributed by atoms with Gasteiger partial charge in [-0.3, -0.25) is 0 Å². The van der Waals surface area contributed by atoms with Crippen molar-refractivity contribution in [3.63, 3.8) is 0 Å². The average Bonchev–Trinajstić information content (AvgIpc) is 3.97. The Balaban J connectivity index is 0.948. The van der Waals surface area contributed by atoms with E-state index < -0.39 is 0 Å². The third-order valence-electron chi connectivity index (χ3n) is 12.8. The quantitative estimate of drug-likeness (QED) is 0.105. The zero-order valence-corrected chi connectivity index (χ0v) is 34.3. The SMILES string of the molecule is NC(=N/C(=C\Cc1ccc(-c2cccc(-c3cc(-c4cccc(C56CCC(CC5)C6)c4)nc(-c4ccccc4)n3)c2)cc1)c1cccc(-c2ccccc2)c1)c1ccccc1. The molecule has 4 heteroatoms. The maximum atomic E-state index is 6.61. The third kappa shape index (κ3) is 8.22. The Hall–Kier alpha value is -7.17. The standard InChI is InChI=1S/C57H48N4/c58-55(44-15-6-2-7-16-44)59-52(48-21-10-19-46(35-48)42-13-4-1-5-14-42)30-27-40-25-28-43(29-26-40)47-20-11-22-49(36-47)53-38-54(61-56(60-53)45-17-8-3-9-18-45)50-23-12-24-51(37-50)57-33-31-41(39-57)32-34-57/h1-26,28-30,35-38,41H,27,31-34,39H2,(H2,58,59)/b52-30-. The molecule has 0 atom stereocenters. The first-order chi connectivity index (χ1) is 30.0. The Morgan fingerprint density at radius 1 is 0.525 bits per heavy atom. The fourth-order valence-corrected chi connectivity index (χ4v) is 9.49. The van der Waals surface area contributed by atoms with E-state index in [2.05, 4.69) is 158 Å². The second-order valence-electron chi connectivity index (χ2n) is 16.7. The van der Waals surface area contributed by atoms with Crippen LogP contribution in [0.5, 0.6) is 0 Å². The highest BCUT2D eigenvalue weighted by molar-refractivity contribution is 6.00. The van der Waals surface area contributed by atoms with Crippen LogP contribution in [0.3, 0.4) is 0 Å². The Labute approximate surface area is 359 Å². The zero-order chi connectivity index (χ0) is 41.0. The van der Waals surface area contributed by atoms with Gasteiger partial charge in [0.25, 0.3) is 0 Å². The van der Waals surface area contributed by atoms with Crippen molar-refractivity contribution in [3.8, 4) is 56.2 Å². The number of aliphatic imine (C=N–C) groups is 1. The number of aromatic nitrogens is 2. The molecule has 10 rings (SSSR count). The predicted molar refractivity (Wildman–Crippen MR) is 253 cm³/mol. The van der Waals surface area contributed by atoms with Gasteiger partial charge in [-0.25, -0.2) is 15.0 Å². The lowest BCUT2D eigenvalue weighted by molar-refractivity contribution is 0.419. The van der Waals surface area contributed by atoms with Gasteiger partial charge < -0.3 is 5.73 Å². The molecule has 0 amide bonds. The van der Waals surface area contributed by atoms with Crippen LogP contribution in [0.2, 0.25) is 0 Å². The minimum atomic E-state index is 0.333. The monoisotopic (exact) mass is 788 g/mol. The van der Waals surface area contributed by atoms with Gasteiger partial charge in [-0.15, -0.1) is 0 Å². The molecule has 1 aromatic heterocycles. The molecule has 2 aliphatic rings. The Morgan fingerprint density at radius 3 is 1.74 bits per heavy atom. The number of fused-ring (bicyclic) bond motifs is 2. The minimum Gasteiger partial charge on any atom is -0.383 e.